The van der Waals surface area contributed by atoms with E-state index in [-0.39, 0.29) is 0 Å². The Kier molecular flexibility index (Phi) is 9.51. The molecule has 0 amide bonds. The van der Waals surface area contributed by atoms with Crippen molar-refractivity contribution in [2.75, 3.05) is 0 Å². The third-order valence-electron chi connectivity index (χ3n) is 4.70. The molecule has 0 atom stereocenters. The van der Waals surface area contributed by atoms with Crippen LogP contribution in [0.15, 0.2) is 21.9 Å². The number of rotatable bonds is 11. The van der Waals surface area contributed by atoms with E-state index in [1.54, 1.807) is 5.47 Å². The summed E-state index contributed by atoms with van der Waals surface area (Å²) in [5, 5.41) is 2.84. The minimum Gasteiger partial charge on any atom is -0.134 e. The van der Waals surface area contributed by atoms with E-state index in [0.29, 0.717) is 6.71 Å². The van der Waals surface area contributed by atoms with E-state index in [0.717, 1.165) is 12.8 Å². The highest BCUT2D eigenvalue weighted by Crippen LogP contribution is 2.52. The maximum Gasteiger partial charge on any atom is 0.305 e. The first-order valence-corrected chi connectivity index (χ1v) is 13.4. The van der Waals surface area contributed by atoms with Crippen LogP contribution in [-0.4, -0.2) is 13.4 Å². The van der Waals surface area contributed by atoms with Crippen LogP contribution in [0.1, 0.15) is 79.1 Å². The van der Waals surface area contributed by atoms with Crippen molar-refractivity contribution in [1.82, 2.24) is 0 Å². The third-order valence-corrected chi connectivity index (χ3v) is 9.72. The standard InChI is InChI=1S/C18H33BCl2Si/c1-5-9-11-13-17-18(19(14-7-3)15-8-4)16(12-10-6-2)22(17,20)21/h13H,5-12,14-15H2,1-4H3/b17-13-. The van der Waals surface area contributed by atoms with Gasteiger partial charge in [0.15, 0.2) is 6.71 Å². The van der Waals surface area contributed by atoms with Gasteiger partial charge in [0, 0.05) is 0 Å². The lowest BCUT2D eigenvalue weighted by molar-refractivity contribution is 0.797. The van der Waals surface area contributed by atoms with Gasteiger partial charge in [-0.05, 0) is 18.0 Å². The molecule has 1 aliphatic heterocycles. The van der Waals surface area contributed by atoms with Gasteiger partial charge in [-0.3, -0.25) is 0 Å². The fraction of sp³-hybridized carbons (Fsp3) is 0.778. The second kappa shape index (κ2) is 10.3. The first-order valence-electron chi connectivity index (χ1n) is 9.36. The Labute approximate surface area is 149 Å². The van der Waals surface area contributed by atoms with Crippen molar-refractivity contribution in [2.45, 2.75) is 91.7 Å². The summed E-state index contributed by atoms with van der Waals surface area (Å²) in [6, 6.07) is 0. The van der Waals surface area contributed by atoms with E-state index < -0.39 is 6.69 Å². The normalized spacial score (nSPS) is 18.7. The van der Waals surface area contributed by atoms with E-state index in [9.17, 15) is 0 Å². The smallest absolute Gasteiger partial charge is 0.134 e. The van der Waals surface area contributed by atoms with Crippen LogP contribution < -0.4 is 0 Å². The van der Waals surface area contributed by atoms with Gasteiger partial charge in [-0.1, -0.05) is 95.6 Å². The first kappa shape index (κ1) is 20.4. The second-order valence-electron chi connectivity index (χ2n) is 6.60. The molecule has 1 heterocycles. The highest BCUT2D eigenvalue weighted by atomic mass is 35.7. The Bertz CT molecular complexity index is 396. The average molecular weight is 359 g/mol. The molecule has 0 nitrogen and oxygen atoms in total. The van der Waals surface area contributed by atoms with Crippen LogP contribution >= 0.6 is 22.2 Å². The average Bonchev–Trinajstić information content (AvgIpc) is 2.48. The van der Waals surface area contributed by atoms with Crippen LogP contribution in [0, 0.1) is 0 Å². The van der Waals surface area contributed by atoms with Crippen LogP contribution in [0.3, 0.4) is 0 Å². The molecule has 0 saturated carbocycles. The van der Waals surface area contributed by atoms with Crippen molar-refractivity contribution in [2.24, 2.45) is 0 Å². The topological polar surface area (TPSA) is 0 Å². The Hall–Kier alpha value is 0.342. The fourth-order valence-electron chi connectivity index (χ4n) is 3.53. The molecule has 0 aromatic carbocycles. The van der Waals surface area contributed by atoms with E-state index in [1.165, 1.54) is 61.6 Å². The molecule has 0 radical (unpaired) electrons. The fourth-order valence-corrected chi connectivity index (χ4v) is 8.18. The minimum atomic E-state index is -2.30. The Morgan fingerprint density at radius 2 is 1.50 bits per heavy atom. The van der Waals surface area contributed by atoms with Crippen molar-refractivity contribution >= 4 is 35.6 Å². The molecule has 126 valence electrons. The Morgan fingerprint density at radius 1 is 0.909 bits per heavy atom. The summed E-state index contributed by atoms with van der Waals surface area (Å²) in [5.41, 5.74) is 1.59. The summed E-state index contributed by atoms with van der Waals surface area (Å²) in [6.45, 7) is 7.47. The lowest BCUT2D eigenvalue weighted by Gasteiger charge is -2.41. The number of unbranched alkanes of at least 4 members (excludes halogenated alkanes) is 3. The zero-order valence-corrected chi connectivity index (χ0v) is 17.5. The van der Waals surface area contributed by atoms with E-state index >= 15 is 0 Å². The first-order chi connectivity index (χ1) is 10.5. The number of hydrogen-bond donors (Lipinski definition) is 0. The molecule has 22 heavy (non-hydrogen) atoms. The second-order valence-corrected chi connectivity index (χ2v) is 12.9. The van der Waals surface area contributed by atoms with Crippen molar-refractivity contribution in [3.63, 3.8) is 0 Å². The van der Waals surface area contributed by atoms with Gasteiger partial charge in [0.2, 0.25) is 0 Å². The number of halogens is 2. The monoisotopic (exact) mass is 358 g/mol. The molecule has 0 aromatic rings. The molecule has 0 spiro atoms. The molecule has 1 rings (SSSR count). The molecule has 0 aromatic heterocycles. The van der Waals surface area contributed by atoms with Crippen molar-refractivity contribution in [3.8, 4) is 0 Å². The largest absolute Gasteiger partial charge is 0.305 e. The van der Waals surface area contributed by atoms with Gasteiger partial charge in [0.25, 0.3) is 0 Å². The van der Waals surface area contributed by atoms with Crippen LogP contribution in [0.5, 0.6) is 0 Å². The van der Waals surface area contributed by atoms with E-state index in [1.807, 2.05) is 0 Å². The van der Waals surface area contributed by atoms with Crippen LogP contribution in [0.4, 0.5) is 0 Å². The van der Waals surface area contributed by atoms with Crippen molar-refractivity contribution in [3.05, 3.63) is 21.9 Å². The van der Waals surface area contributed by atoms with Crippen LogP contribution in [0.25, 0.3) is 0 Å². The van der Waals surface area contributed by atoms with E-state index in [4.69, 9.17) is 22.2 Å². The summed E-state index contributed by atoms with van der Waals surface area (Å²) in [5.74, 6) is 0. The Balaban J connectivity index is 3.09. The predicted octanol–water partition coefficient (Wildman–Crippen LogP) is 7.46. The molecule has 1 aliphatic rings. The maximum absolute atomic E-state index is 6.87. The van der Waals surface area contributed by atoms with Crippen molar-refractivity contribution in [1.29, 1.82) is 0 Å². The highest BCUT2D eigenvalue weighted by Gasteiger charge is 2.51. The molecule has 0 unspecified atom stereocenters. The quantitative estimate of drug-likeness (QED) is 0.204. The van der Waals surface area contributed by atoms with Gasteiger partial charge in [-0.2, -0.15) is 0 Å². The molecule has 0 saturated heterocycles. The van der Waals surface area contributed by atoms with E-state index in [2.05, 4.69) is 33.8 Å². The third kappa shape index (κ3) is 4.92. The highest BCUT2D eigenvalue weighted by molar-refractivity contribution is 7.53. The van der Waals surface area contributed by atoms with Gasteiger partial charge in [0.1, 0.15) is 0 Å². The summed E-state index contributed by atoms with van der Waals surface area (Å²) < 4.78 is 0. The predicted molar refractivity (Wildman–Crippen MR) is 108 cm³/mol. The summed E-state index contributed by atoms with van der Waals surface area (Å²) in [4.78, 5) is 0. The van der Waals surface area contributed by atoms with Crippen molar-refractivity contribution < 1.29 is 0 Å². The zero-order valence-electron chi connectivity index (χ0n) is 15.0. The molecule has 0 bridgehead atoms. The number of allylic oxidation sites excluding steroid dienone is 4. The molecule has 0 fully saturated rings. The summed E-state index contributed by atoms with van der Waals surface area (Å²) in [6.07, 6.45) is 14.6. The SMILES string of the molecule is CCCC/C=C1/C(B(CCC)CCC)=C(CCCC)[Si]1(Cl)Cl. The lowest BCUT2D eigenvalue weighted by atomic mass is 9.38. The molecule has 4 heteroatoms. The van der Waals surface area contributed by atoms with Gasteiger partial charge in [0.05, 0.1) is 0 Å². The summed E-state index contributed by atoms with van der Waals surface area (Å²) in [7, 11) is 0. The summed E-state index contributed by atoms with van der Waals surface area (Å²) >= 11 is 13.7. The molecule has 0 N–H and O–H groups in total. The Morgan fingerprint density at radius 3 is 2.00 bits per heavy atom. The molecule has 0 aliphatic carbocycles. The maximum atomic E-state index is 6.87. The van der Waals surface area contributed by atoms with Crippen LogP contribution in [0.2, 0.25) is 12.6 Å². The van der Waals surface area contributed by atoms with Gasteiger partial charge < -0.3 is 0 Å². The van der Waals surface area contributed by atoms with Gasteiger partial charge >= 0.3 is 6.69 Å². The minimum absolute atomic E-state index is 0.688. The van der Waals surface area contributed by atoms with Gasteiger partial charge in [-0.15, -0.1) is 22.2 Å². The zero-order chi connectivity index (χ0) is 16.6. The molecular weight excluding hydrogens is 326 g/mol. The van der Waals surface area contributed by atoms with Crippen LogP contribution in [-0.2, 0) is 0 Å². The van der Waals surface area contributed by atoms with Gasteiger partial charge in [-0.25, -0.2) is 0 Å². The lowest BCUT2D eigenvalue weighted by Crippen LogP contribution is -2.44. The molecular formula is C18H33BCl2Si. The number of hydrogen-bond acceptors (Lipinski definition) is 0.